The highest BCUT2D eigenvalue weighted by atomic mass is 79.9. The third-order valence-corrected chi connectivity index (χ3v) is 3.92. The number of halogens is 5. The lowest BCUT2D eigenvalue weighted by Crippen LogP contribution is -2.06. The summed E-state index contributed by atoms with van der Waals surface area (Å²) in [5.41, 5.74) is 3.35. The SMILES string of the molecule is C/C(=N/Nc1cc(C(F)(F)F)ccc1Cl)c1ccccc1Br. The summed E-state index contributed by atoms with van der Waals surface area (Å²) >= 11 is 9.29. The first-order chi connectivity index (χ1) is 10.3. The molecule has 2 rings (SSSR count). The Hall–Kier alpha value is -1.53. The molecule has 2 aromatic rings. The van der Waals surface area contributed by atoms with Gasteiger partial charge in [-0.2, -0.15) is 18.3 Å². The summed E-state index contributed by atoms with van der Waals surface area (Å²) in [7, 11) is 0. The van der Waals surface area contributed by atoms with Gasteiger partial charge in [-0.15, -0.1) is 0 Å². The lowest BCUT2D eigenvalue weighted by molar-refractivity contribution is -0.137. The predicted molar refractivity (Wildman–Crippen MR) is 86.4 cm³/mol. The van der Waals surface area contributed by atoms with E-state index in [1.54, 1.807) is 6.92 Å². The zero-order chi connectivity index (χ0) is 16.3. The second-order valence-corrected chi connectivity index (χ2v) is 5.74. The smallest absolute Gasteiger partial charge is 0.277 e. The van der Waals surface area contributed by atoms with Crippen LogP contribution in [0.25, 0.3) is 0 Å². The second-order valence-electron chi connectivity index (χ2n) is 4.48. The summed E-state index contributed by atoms with van der Waals surface area (Å²) in [5, 5.41) is 4.26. The maximum Gasteiger partial charge on any atom is 0.416 e. The van der Waals surface area contributed by atoms with Crippen LogP contribution in [0.4, 0.5) is 18.9 Å². The monoisotopic (exact) mass is 390 g/mol. The standard InChI is InChI=1S/C15H11BrClF3N2/c1-9(11-4-2-3-5-12(11)16)21-22-14-8-10(15(18,19)20)6-7-13(14)17/h2-8,22H,1H3/b21-9-. The minimum absolute atomic E-state index is 0.0999. The Kier molecular flexibility index (Phi) is 5.13. The van der Waals surface area contributed by atoms with Crippen molar-refractivity contribution in [3.05, 3.63) is 63.1 Å². The molecule has 7 heteroatoms. The number of nitrogens with one attached hydrogen (secondary N) is 1. The van der Waals surface area contributed by atoms with Crippen molar-refractivity contribution in [2.75, 3.05) is 5.43 Å². The maximum atomic E-state index is 12.7. The van der Waals surface area contributed by atoms with Gasteiger partial charge in [-0.1, -0.05) is 45.7 Å². The van der Waals surface area contributed by atoms with E-state index in [4.69, 9.17) is 11.6 Å². The molecule has 0 radical (unpaired) electrons. The third-order valence-electron chi connectivity index (χ3n) is 2.90. The van der Waals surface area contributed by atoms with Gasteiger partial charge in [0.25, 0.3) is 0 Å². The number of hydrogen-bond donors (Lipinski definition) is 1. The molecule has 2 nitrogen and oxygen atoms in total. The summed E-state index contributed by atoms with van der Waals surface area (Å²) in [6.07, 6.45) is -4.43. The van der Waals surface area contributed by atoms with E-state index in [0.29, 0.717) is 5.71 Å². The normalized spacial score (nSPS) is 12.4. The van der Waals surface area contributed by atoms with Crippen LogP contribution >= 0.6 is 27.5 Å². The van der Waals surface area contributed by atoms with E-state index in [9.17, 15) is 13.2 Å². The van der Waals surface area contributed by atoms with Crippen LogP contribution < -0.4 is 5.43 Å². The van der Waals surface area contributed by atoms with Crippen molar-refractivity contribution >= 4 is 38.9 Å². The number of hydrogen-bond acceptors (Lipinski definition) is 2. The Bertz CT molecular complexity index is 714. The summed E-state index contributed by atoms with van der Waals surface area (Å²) in [6.45, 7) is 1.74. The van der Waals surface area contributed by atoms with Crippen molar-refractivity contribution in [2.45, 2.75) is 13.1 Å². The summed E-state index contributed by atoms with van der Waals surface area (Å²) in [4.78, 5) is 0. The molecule has 0 heterocycles. The van der Waals surface area contributed by atoms with Gasteiger partial charge in [0.1, 0.15) is 0 Å². The van der Waals surface area contributed by atoms with Crippen molar-refractivity contribution in [2.24, 2.45) is 5.10 Å². The minimum Gasteiger partial charge on any atom is -0.277 e. The first-order valence-electron chi connectivity index (χ1n) is 6.21. The number of hydrazone groups is 1. The molecule has 0 saturated heterocycles. The van der Waals surface area contributed by atoms with E-state index in [1.807, 2.05) is 24.3 Å². The molecule has 0 saturated carbocycles. The molecule has 2 aromatic carbocycles. The Morgan fingerprint density at radius 1 is 1.18 bits per heavy atom. The molecule has 0 fully saturated rings. The van der Waals surface area contributed by atoms with Crippen molar-refractivity contribution in [1.82, 2.24) is 0 Å². The number of rotatable bonds is 3. The van der Waals surface area contributed by atoms with Gasteiger partial charge in [0.15, 0.2) is 0 Å². The van der Waals surface area contributed by atoms with E-state index >= 15 is 0 Å². The second kappa shape index (κ2) is 6.71. The van der Waals surface area contributed by atoms with Crippen LogP contribution in [-0.2, 0) is 6.18 Å². The van der Waals surface area contributed by atoms with Gasteiger partial charge in [-0.3, -0.25) is 5.43 Å². The lowest BCUT2D eigenvalue weighted by atomic mass is 10.1. The van der Waals surface area contributed by atoms with E-state index in [0.717, 1.165) is 22.2 Å². The van der Waals surface area contributed by atoms with Gasteiger partial charge in [0.2, 0.25) is 0 Å². The molecular weight excluding hydrogens is 381 g/mol. The molecule has 0 aliphatic carbocycles. The Morgan fingerprint density at radius 2 is 1.86 bits per heavy atom. The molecule has 0 aliphatic heterocycles. The van der Waals surface area contributed by atoms with Crippen LogP contribution in [0.15, 0.2) is 52.0 Å². The molecule has 0 unspecified atom stereocenters. The Balaban J connectivity index is 2.28. The highest BCUT2D eigenvalue weighted by Gasteiger charge is 2.30. The minimum atomic E-state index is -4.43. The largest absolute Gasteiger partial charge is 0.416 e. The van der Waals surface area contributed by atoms with Crippen LogP contribution in [-0.4, -0.2) is 5.71 Å². The molecule has 116 valence electrons. The molecule has 0 bridgehead atoms. The molecule has 22 heavy (non-hydrogen) atoms. The molecule has 1 N–H and O–H groups in total. The quantitative estimate of drug-likeness (QED) is 0.507. The van der Waals surface area contributed by atoms with E-state index in [1.165, 1.54) is 6.07 Å². The number of alkyl halides is 3. The van der Waals surface area contributed by atoms with Gasteiger partial charge < -0.3 is 0 Å². The fraction of sp³-hybridized carbons (Fsp3) is 0.133. The van der Waals surface area contributed by atoms with Gasteiger partial charge in [-0.25, -0.2) is 0 Å². The zero-order valence-corrected chi connectivity index (χ0v) is 13.7. The summed E-state index contributed by atoms with van der Waals surface area (Å²) in [5.74, 6) is 0. The van der Waals surface area contributed by atoms with Crippen molar-refractivity contribution in [3.8, 4) is 0 Å². The van der Waals surface area contributed by atoms with Gasteiger partial charge in [0, 0.05) is 10.0 Å². The van der Waals surface area contributed by atoms with Crippen LogP contribution in [0.1, 0.15) is 18.1 Å². The average Bonchev–Trinajstić information content (AvgIpc) is 2.45. The number of nitrogens with zero attached hydrogens (tertiary/aromatic N) is 1. The topological polar surface area (TPSA) is 24.4 Å². The first-order valence-corrected chi connectivity index (χ1v) is 7.38. The highest BCUT2D eigenvalue weighted by Crippen LogP contribution is 2.33. The predicted octanol–water partition coefficient (Wildman–Crippen LogP) is 5.96. The van der Waals surface area contributed by atoms with Crippen LogP contribution in [0, 0.1) is 0 Å². The molecule has 0 atom stereocenters. The molecule has 0 amide bonds. The molecule has 0 spiro atoms. The van der Waals surface area contributed by atoms with Gasteiger partial charge >= 0.3 is 6.18 Å². The van der Waals surface area contributed by atoms with Gasteiger partial charge in [0.05, 0.1) is 22.0 Å². The average molecular weight is 392 g/mol. The third kappa shape index (κ3) is 4.01. The van der Waals surface area contributed by atoms with Crippen LogP contribution in [0.2, 0.25) is 5.02 Å². The highest BCUT2D eigenvalue weighted by molar-refractivity contribution is 9.10. The van der Waals surface area contributed by atoms with Crippen molar-refractivity contribution in [1.29, 1.82) is 0 Å². The molecule has 0 aromatic heterocycles. The summed E-state index contributed by atoms with van der Waals surface area (Å²) in [6, 6.07) is 10.4. The van der Waals surface area contributed by atoms with E-state index < -0.39 is 11.7 Å². The Labute approximate surface area is 139 Å². The van der Waals surface area contributed by atoms with Crippen LogP contribution in [0.3, 0.4) is 0 Å². The van der Waals surface area contributed by atoms with E-state index in [2.05, 4.69) is 26.5 Å². The molecular formula is C15H11BrClF3N2. The summed E-state index contributed by atoms with van der Waals surface area (Å²) < 4.78 is 39.0. The first kappa shape index (κ1) is 16.8. The number of anilines is 1. The van der Waals surface area contributed by atoms with E-state index in [-0.39, 0.29) is 10.7 Å². The fourth-order valence-electron chi connectivity index (χ4n) is 1.75. The molecule has 0 aliphatic rings. The number of benzene rings is 2. The zero-order valence-electron chi connectivity index (χ0n) is 11.4. The maximum absolute atomic E-state index is 12.7. The van der Waals surface area contributed by atoms with Gasteiger partial charge in [-0.05, 0) is 31.2 Å². The lowest BCUT2D eigenvalue weighted by Gasteiger charge is -2.11. The Morgan fingerprint density at radius 3 is 2.50 bits per heavy atom. The van der Waals surface area contributed by atoms with Crippen molar-refractivity contribution in [3.63, 3.8) is 0 Å². The fourth-order valence-corrected chi connectivity index (χ4v) is 2.48. The van der Waals surface area contributed by atoms with Crippen molar-refractivity contribution < 1.29 is 13.2 Å². The van der Waals surface area contributed by atoms with Crippen LogP contribution in [0.5, 0.6) is 0 Å².